The first kappa shape index (κ1) is 24.2. The summed E-state index contributed by atoms with van der Waals surface area (Å²) >= 11 is 1.36. The van der Waals surface area contributed by atoms with Crippen LogP contribution in [-0.2, 0) is 30.4 Å². The van der Waals surface area contributed by atoms with E-state index in [1.165, 1.54) is 29.7 Å². The molecule has 3 rings (SSSR count). The van der Waals surface area contributed by atoms with Crippen LogP contribution >= 0.6 is 11.8 Å². The zero-order valence-electron chi connectivity index (χ0n) is 18.3. The quantitative estimate of drug-likeness (QED) is 0.312. The third-order valence-corrected chi connectivity index (χ3v) is 6.27. The first-order valence-electron chi connectivity index (χ1n) is 10.1. The molecule has 10 nitrogen and oxygen atoms in total. The van der Waals surface area contributed by atoms with Crippen molar-refractivity contribution in [3.05, 3.63) is 53.8 Å². The molecule has 1 saturated heterocycles. The Bertz CT molecular complexity index is 977. The van der Waals surface area contributed by atoms with Gasteiger partial charge in [0.15, 0.2) is 0 Å². The minimum Gasteiger partial charge on any atom is -0.497 e. The fourth-order valence-electron chi connectivity index (χ4n) is 3.31. The number of β-lactam (4-membered cyclic amide) rings is 1. The molecule has 33 heavy (non-hydrogen) atoms. The number of hydrogen-bond acceptors (Lipinski definition) is 8. The number of carbonyl (C=O) groups excluding carboxylic acids is 4. The normalized spacial score (nSPS) is 19.1. The molecule has 2 aliphatic rings. The van der Waals surface area contributed by atoms with Gasteiger partial charge in [0.25, 0.3) is 11.8 Å². The van der Waals surface area contributed by atoms with Crippen molar-refractivity contribution in [1.29, 1.82) is 0 Å². The molecule has 1 fully saturated rings. The van der Waals surface area contributed by atoms with Gasteiger partial charge in [-0.15, -0.1) is 11.8 Å². The van der Waals surface area contributed by atoms with Gasteiger partial charge in [-0.2, -0.15) is 0 Å². The molecule has 0 aliphatic carbocycles. The van der Waals surface area contributed by atoms with Gasteiger partial charge in [-0.25, -0.2) is 4.79 Å². The van der Waals surface area contributed by atoms with Crippen molar-refractivity contribution in [3.8, 4) is 5.75 Å². The second kappa shape index (κ2) is 10.9. The van der Waals surface area contributed by atoms with Crippen molar-refractivity contribution in [2.75, 3.05) is 26.1 Å². The number of nitrogens with zero attached hydrogens (tertiary/aromatic N) is 1. The highest BCUT2D eigenvalue weighted by Crippen LogP contribution is 2.40. The molecule has 176 valence electrons. The number of amides is 3. The number of nitrogens with one attached hydrogen (secondary N) is 2. The maximum absolute atomic E-state index is 13.1. The molecule has 0 saturated carbocycles. The Hall–Kier alpha value is -3.47. The topological polar surface area (TPSA) is 123 Å². The highest BCUT2D eigenvalue weighted by Gasteiger charge is 2.54. The molecule has 3 amide bonds. The van der Waals surface area contributed by atoms with Crippen molar-refractivity contribution < 1.29 is 33.4 Å². The van der Waals surface area contributed by atoms with E-state index in [2.05, 4.69) is 17.2 Å². The minimum atomic E-state index is -0.827. The van der Waals surface area contributed by atoms with E-state index in [0.29, 0.717) is 17.1 Å². The smallest absolute Gasteiger partial charge is 0.408 e. The minimum absolute atomic E-state index is 0.0136. The molecule has 11 heteroatoms. The van der Waals surface area contributed by atoms with Crippen LogP contribution in [0.1, 0.15) is 12.5 Å². The molecule has 0 spiro atoms. The molecule has 2 heterocycles. The molecule has 2 atom stereocenters. The van der Waals surface area contributed by atoms with Crippen LogP contribution in [0, 0.1) is 0 Å². The van der Waals surface area contributed by atoms with Crippen LogP contribution in [0.25, 0.3) is 0 Å². The summed E-state index contributed by atoms with van der Waals surface area (Å²) in [6, 6.07) is 6.36. The Labute approximate surface area is 195 Å². The van der Waals surface area contributed by atoms with Crippen molar-refractivity contribution in [1.82, 2.24) is 15.5 Å². The monoisotopic (exact) mass is 475 g/mol. The maximum Gasteiger partial charge on any atom is 0.408 e. The summed E-state index contributed by atoms with van der Waals surface area (Å²) in [6.07, 6.45) is 0.674. The lowest BCUT2D eigenvalue weighted by molar-refractivity contribution is -0.145. The SMILES string of the molecule is C=CCOC(=O)N[C@@H]1C(=O)N2C(C(=O)NCc3ccc(OC)cc3)=C(COC(C)=O)CS[C@H]12. The Morgan fingerprint density at radius 3 is 2.61 bits per heavy atom. The first-order valence-corrected chi connectivity index (χ1v) is 11.2. The summed E-state index contributed by atoms with van der Waals surface area (Å²) in [4.78, 5) is 50.4. The van der Waals surface area contributed by atoms with E-state index in [1.54, 1.807) is 19.2 Å². The number of fused-ring (bicyclic) bond motifs is 1. The molecule has 0 bridgehead atoms. The van der Waals surface area contributed by atoms with Gasteiger partial charge in [-0.05, 0) is 17.7 Å². The Kier molecular flexibility index (Phi) is 7.99. The lowest BCUT2D eigenvalue weighted by atomic mass is 10.0. The van der Waals surface area contributed by atoms with Gasteiger partial charge in [-0.1, -0.05) is 24.8 Å². The predicted octanol–water partition coefficient (Wildman–Crippen LogP) is 1.32. The molecule has 2 aliphatic heterocycles. The highest BCUT2D eigenvalue weighted by molar-refractivity contribution is 8.00. The number of hydrogen-bond donors (Lipinski definition) is 2. The van der Waals surface area contributed by atoms with Crippen LogP contribution in [-0.4, -0.2) is 66.3 Å². The lowest BCUT2D eigenvalue weighted by Crippen LogP contribution is -2.71. The number of rotatable bonds is 9. The molecule has 1 aromatic rings. The van der Waals surface area contributed by atoms with Crippen LogP contribution in [0.15, 0.2) is 48.2 Å². The number of thioether (sulfide) groups is 1. The van der Waals surface area contributed by atoms with E-state index in [-0.39, 0.29) is 25.5 Å². The summed E-state index contributed by atoms with van der Waals surface area (Å²) in [5, 5.41) is 4.85. The van der Waals surface area contributed by atoms with Gasteiger partial charge in [-0.3, -0.25) is 19.3 Å². The van der Waals surface area contributed by atoms with Crippen LogP contribution in [0.2, 0.25) is 0 Å². The van der Waals surface area contributed by atoms with Gasteiger partial charge in [0.05, 0.1) is 7.11 Å². The zero-order valence-corrected chi connectivity index (χ0v) is 19.1. The molecule has 0 unspecified atom stereocenters. The standard InChI is InChI=1S/C22H25N3O7S/c1-4-9-31-22(29)24-17-20(28)25-18(15(11-32-13(2)26)12-33-21(17)25)19(27)23-10-14-5-7-16(30-3)8-6-14/h4-8,17,21H,1,9-12H2,2-3H3,(H,23,27)(H,24,29)/t17-,21-/m1/s1. The third-order valence-electron chi connectivity index (χ3n) is 4.93. The van der Waals surface area contributed by atoms with Crippen LogP contribution < -0.4 is 15.4 Å². The number of methoxy groups -OCH3 is 1. The summed E-state index contributed by atoms with van der Waals surface area (Å²) < 4.78 is 15.1. The molecule has 0 radical (unpaired) electrons. The second-order valence-electron chi connectivity index (χ2n) is 7.18. The van der Waals surface area contributed by atoms with E-state index >= 15 is 0 Å². The van der Waals surface area contributed by atoms with E-state index in [1.807, 2.05) is 12.1 Å². The fourth-order valence-corrected chi connectivity index (χ4v) is 4.64. The Morgan fingerprint density at radius 2 is 1.97 bits per heavy atom. The van der Waals surface area contributed by atoms with Crippen molar-refractivity contribution >= 4 is 35.6 Å². The molecular weight excluding hydrogens is 450 g/mol. The van der Waals surface area contributed by atoms with E-state index in [0.717, 1.165) is 5.56 Å². The van der Waals surface area contributed by atoms with Crippen LogP contribution in [0.5, 0.6) is 5.75 Å². The van der Waals surface area contributed by atoms with Crippen molar-refractivity contribution in [3.63, 3.8) is 0 Å². The molecule has 2 N–H and O–H groups in total. The Balaban J connectivity index is 1.74. The summed E-state index contributed by atoms with van der Waals surface area (Å²) in [6.45, 7) is 4.87. The van der Waals surface area contributed by atoms with Gasteiger partial charge in [0, 0.05) is 24.8 Å². The van der Waals surface area contributed by atoms with Crippen molar-refractivity contribution in [2.45, 2.75) is 24.9 Å². The molecule has 0 aromatic heterocycles. The van der Waals surface area contributed by atoms with E-state index in [4.69, 9.17) is 14.2 Å². The van der Waals surface area contributed by atoms with Gasteiger partial charge < -0.3 is 24.8 Å². The number of benzene rings is 1. The van der Waals surface area contributed by atoms with E-state index in [9.17, 15) is 19.2 Å². The fraction of sp³-hybridized carbons (Fsp3) is 0.364. The first-order chi connectivity index (χ1) is 15.8. The number of ether oxygens (including phenoxy) is 3. The highest BCUT2D eigenvalue weighted by atomic mass is 32.2. The summed E-state index contributed by atoms with van der Waals surface area (Å²) in [7, 11) is 1.57. The van der Waals surface area contributed by atoms with E-state index < -0.39 is 35.3 Å². The molecular formula is C22H25N3O7S. The lowest BCUT2D eigenvalue weighted by Gasteiger charge is -2.49. The largest absolute Gasteiger partial charge is 0.497 e. The molecule has 1 aromatic carbocycles. The summed E-state index contributed by atoms with van der Waals surface area (Å²) in [5.41, 5.74) is 1.49. The number of carbonyl (C=O) groups is 4. The predicted molar refractivity (Wildman–Crippen MR) is 120 cm³/mol. The van der Waals surface area contributed by atoms with Gasteiger partial charge in [0.1, 0.15) is 36.1 Å². The van der Waals surface area contributed by atoms with Crippen LogP contribution in [0.3, 0.4) is 0 Å². The number of alkyl carbamates (subject to hydrolysis) is 1. The average Bonchev–Trinajstić information content (AvgIpc) is 2.82. The average molecular weight is 476 g/mol. The third kappa shape index (κ3) is 5.67. The van der Waals surface area contributed by atoms with Gasteiger partial charge >= 0.3 is 12.1 Å². The Morgan fingerprint density at radius 1 is 1.24 bits per heavy atom. The van der Waals surface area contributed by atoms with Gasteiger partial charge in [0.2, 0.25) is 0 Å². The second-order valence-corrected chi connectivity index (χ2v) is 8.29. The zero-order chi connectivity index (χ0) is 24.0. The maximum atomic E-state index is 13.1. The van der Waals surface area contributed by atoms with Crippen molar-refractivity contribution in [2.24, 2.45) is 0 Å². The summed E-state index contributed by atoms with van der Waals surface area (Å²) in [5.74, 6) is -0.364. The number of esters is 1. The van der Waals surface area contributed by atoms with Crippen LogP contribution in [0.4, 0.5) is 4.79 Å².